The summed E-state index contributed by atoms with van der Waals surface area (Å²) in [5.41, 5.74) is -1.53. The average molecular weight is 632 g/mol. The van der Waals surface area contributed by atoms with E-state index in [4.69, 9.17) is 32.4 Å². The summed E-state index contributed by atoms with van der Waals surface area (Å²) in [5.74, 6) is -2.66. The molecule has 228 valence electrons. The van der Waals surface area contributed by atoms with E-state index in [0.29, 0.717) is 27.6 Å². The Kier molecular flexibility index (Phi) is 8.32. The monoisotopic (exact) mass is 630 g/mol. The maximum absolute atomic E-state index is 14.1. The van der Waals surface area contributed by atoms with Gasteiger partial charge >= 0.3 is 6.09 Å². The zero-order valence-corrected chi connectivity index (χ0v) is 25.6. The molecule has 0 radical (unpaired) electrons. The van der Waals surface area contributed by atoms with Crippen molar-refractivity contribution in [3.8, 4) is 0 Å². The fraction of sp³-hybridized carbons (Fsp3) is 0.433. The molecule has 11 nitrogen and oxygen atoms in total. The molecular weight excluding hydrogens is 599 g/mol. The summed E-state index contributed by atoms with van der Waals surface area (Å²) in [7, 11) is 0. The van der Waals surface area contributed by atoms with Gasteiger partial charge in [-0.15, -0.1) is 0 Å². The molecule has 13 heteroatoms. The standard InChI is InChI=1S/C30H32Cl2N4O7/c1-29(2,3)43-28(41)35-9-8-23-30(17-35,18-37)24(27(40)36(23)16-19-6-7-20(31)15-21(19)32)26(39)34-12-10-33(11-13-34)25(38)22-5-4-14-42-22/h4-8,14-15,18,24H,9-13,16-17H2,1-3H3/t24-,30+/m1/s1. The molecular formula is C30H32Cl2N4O7. The highest BCUT2D eigenvalue weighted by molar-refractivity contribution is 6.35. The minimum absolute atomic E-state index is 0.00208. The number of fused-ring (bicyclic) bond motifs is 1. The number of benzene rings is 1. The number of hydrogen-bond acceptors (Lipinski definition) is 7. The third-order valence-electron chi connectivity index (χ3n) is 7.82. The molecule has 0 N–H and O–H groups in total. The van der Waals surface area contributed by atoms with Crippen LogP contribution in [0.4, 0.5) is 4.79 Å². The van der Waals surface area contributed by atoms with Crippen molar-refractivity contribution in [1.82, 2.24) is 19.6 Å². The summed E-state index contributed by atoms with van der Waals surface area (Å²) in [4.78, 5) is 72.9. The van der Waals surface area contributed by atoms with Crippen LogP contribution in [0.3, 0.4) is 0 Å². The van der Waals surface area contributed by atoms with Gasteiger partial charge in [-0.25, -0.2) is 4.79 Å². The zero-order chi connectivity index (χ0) is 31.1. The summed E-state index contributed by atoms with van der Waals surface area (Å²) < 4.78 is 10.8. The van der Waals surface area contributed by atoms with Crippen LogP contribution in [0.15, 0.2) is 52.8 Å². The van der Waals surface area contributed by atoms with Crippen LogP contribution in [0.25, 0.3) is 0 Å². The largest absolute Gasteiger partial charge is 0.459 e. The van der Waals surface area contributed by atoms with E-state index in [2.05, 4.69) is 0 Å². The van der Waals surface area contributed by atoms with Crippen LogP contribution in [0.1, 0.15) is 36.9 Å². The van der Waals surface area contributed by atoms with Gasteiger partial charge in [0.2, 0.25) is 11.8 Å². The van der Waals surface area contributed by atoms with E-state index >= 15 is 0 Å². The van der Waals surface area contributed by atoms with E-state index in [1.165, 1.54) is 21.0 Å². The number of carbonyl (C=O) groups excluding carboxylic acids is 5. The van der Waals surface area contributed by atoms with Crippen LogP contribution >= 0.6 is 23.2 Å². The van der Waals surface area contributed by atoms with Gasteiger partial charge in [0.15, 0.2) is 5.76 Å². The Morgan fingerprint density at radius 1 is 1.07 bits per heavy atom. The quantitative estimate of drug-likeness (QED) is 0.363. The second-order valence-electron chi connectivity index (χ2n) is 11.8. The number of furan rings is 1. The molecule has 2 aromatic rings. The van der Waals surface area contributed by atoms with Gasteiger partial charge in [-0.05, 0) is 56.7 Å². The van der Waals surface area contributed by atoms with Crippen LogP contribution in [-0.2, 0) is 25.7 Å². The van der Waals surface area contributed by atoms with Crippen molar-refractivity contribution in [1.29, 1.82) is 0 Å². The van der Waals surface area contributed by atoms with Crippen LogP contribution in [-0.4, -0.2) is 94.6 Å². The Bertz CT molecular complexity index is 1480. The topological polar surface area (TPSA) is 121 Å². The summed E-state index contributed by atoms with van der Waals surface area (Å²) in [5, 5.41) is 0.752. The number of halogens is 2. The molecule has 0 spiro atoms. The number of piperazine rings is 1. The number of nitrogens with zero attached hydrogens (tertiary/aromatic N) is 4. The van der Waals surface area contributed by atoms with E-state index < -0.39 is 34.8 Å². The van der Waals surface area contributed by atoms with Gasteiger partial charge in [0.05, 0.1) is 12.8 Å². The molecule has 0 unspecified atom stereocenters. The highest BCUT2D eigenvalue weighted by Crippen LogP contribution is 2.48. The third-order valence-corrected chi connectivity index (χ3v) is 8.40. The SMILES string of the molecule is CC(C)(C)OC(=O)N1CC=C2N(Cc3ccc(Cl)cc3Cl)C(=O)[C@@H](C(=O)N3CCN(C(=O)c4ccco4)CC3)[C@]2(C=O)C1. The normalized spacial score (nSPS) is 22.3. The molecule has 1 aromatic heterocycles. The number of hydrogen-bond donors (Lipinski definition) is 0. The molecule has 4 amide bonds. The molecule has 4 heterocycles. The summed E-state index contributed by atoms with van der Waals surface area (Å²) in [6.07, 6.45) is 2.97. The average Bonchev–Trinajstić information content (AvgIpc) is 3.58. The number of amides is 4. The number of carbonyl (C=O) groups is 5. The molecule has 3 aliphatic heterocycles. The Labute approximate surface area is 258 Å². The molecule has 2 atom stereocenters. The van der Waals surface area contributed by atoms with Gasteiger partial charge < -0.3 is 33.5 Å². The van der Waals surface area contributed by atoms with Crippen molar-refractivity contribution in [2.45, 2.75) is 32.9 Å². The minimum atomic E-state index is -1.65. The predicted octanol–water partition coefficient (Wildman–Crippen LogP) is 3.85. The fourth-order valence-electron chi connectivity index (χ4n) is 5.75. The van der Waals surface area contributed by atoms with Gasteiger partial charge in [0.25, 0.3) is 5.91 Å². The minimum Gasteiger partial charge on any atom is -0.459 e. The van der Waals surface area contributed by atoms with Crippen LogP contribution in [0.5, 0.6) is 0 Å². The van der Waals surface area contributed by atoms with Gasteiger partial charge in [-0.2, -0.15) is 0 Å². The summed E-state index contributed by atoms with van der Waals surface area (Å²) in [6.45, 7) is 5.78. The number of rotatable bonds is 5. The Morgan fingerprint density at radius 3 is 2.37 bits per heavy atom. The van der Waals surface area contributed by atoms with E-state index in [9.17, 15) is 24.0 Å². The lowest BCUT2D eigenvalue weighted by Crippen LogP contribution is -2.57. The Hall–Kier alpha value is -3.83. The van der Waals surface area contributed by atoms with Gasteiger partial charge in [0, 0.05) is 55.0 Å². The van der Waals surface area contributed by atoms with Crippen molar-refractivity contribution in [3.63, 3.8) is 0 Å². The van der Waals surface area contributed by atoms with Crippen molar-refractivity contribution < 1.29 is 33.1 Å². The van der Waals surface area contributed by atoms with E-state index in [1.807, 2.05) is 0 Å². The van der Waals surface area contributed by atoms with Gasteiger partial charge in [-0.1, -0.05) is 29.3 Å². The number of likely N-dealkylation sites (tertiary alicyclic amines) is 1. The van der Waals surface area contributed by atoms with Gasteiger partial charge in [-0.3, -0.25) is 14.4 Å². The van der Waals surface area contributed by atoms with E-state index in [-0.39, 0.29) is 57.5 Å². The lowest BCUT2D eigenvalue weighted by molar-refractivity contribution is -0.149. The van der Waals surface area contributed by atoms with Crippen molar-refractivity contribution in [2.24, 2.45) is 11.3 Å². The van der Waals surface area contributed by atoms with Gasteiger partial charge in [0.1, 0.15) is 23.2 Å². The summed E-state index contributed by atoms with van der Waals surface area (Å²) >= 11 is 12.5. The van der Waals surface area contributed by atoms with E-state index in [0.717, 1.165) is 0 Å². The Balaban J connectivity index is 1.45. The molecule has 0 bridgehead atoms. The van der Waals surface area contributed by atoms with E-state index in [1.54, 1.807) is 62.1 Å². The first-order chi connectivity index (χ1) is 20.3. The van der Waals surface area contributed by atoms with Crippen molar-refractivity contribution in [3.05, 3.63) is 69.7 Å². The van der Waals surface area contributed by atoms with Crippen molar-refractivity contribution in [2.75, 3.05) is 39.3 Å². The molecule has 5 rings (SSSR count). The number of ether oxygens (including phenoxy) is 1. The molecule has 0 saturated carbocycles. The first kappa shape index (κ1) is 30.6. The Morgan fingerprint density at radius 2 is 1.77 bits per heavy atom. The van der Waals surface area contributed by atoms with Crippen molar-refractivity contribution >= 4 is 53.3 Å². The predicted molar refractivity (Wildman–Crippen MR) is 156 cm³/mol. The first-order valence-electron chi connectivity index (χ1n) is 13.9. The second-order valence-corrected chi connectivity index (χ2v) is 12.6. The van der Waals surface area contributed by atoms with Crippen LogP contribution in [0.2, 0.25) is 10.0 Å². The molecule has 3 aliphatic rings. The smallest absolute Gasteiger partial charge is 0.410 e. The maximum Gasteiger partial charge on any atom is 0.410 e. The third kappa shape index (κ3) is 5.88. The van der Waals surface area contributed by atoms with Crippen LogP contribution in [0, 0.1) is 11.3 Å². The second kappa shape index (κ2) is 11.7. The number of aldehydes is 1. The highest BCUT2D eigenvalue weighted by atomic mass is 35.5. The zero-order valence-electron chi connectivity index (χ0n) is 24.0. The fourth-order valence-corrected chi connectivity index (χ4v) is 6.22. The highest BCUT2D eigenvalue weighted by Gasteiger charge is 2.62. The molecule has 43 heavy (non-hydrogen) atoms. The molecule has 0 aliphatic carbocycles. The molecule has 1 aromatic carbocycles. The first-order valence-corrected chi connectivity index (χ1v) is 14.6. The molecule has 2 fully saturated rings. The lowest BCUT2D eigenvalue weighted by atomic mass is 9.74. The van der Waals surface area contributed by atoms with Crippen LogP contribution < -0.4 is 0 Å². The summed E-state index contributed by atoms with van der Waals surface area (Å²) in [6, 6.07) is 8.07. The maximum atomic E-state index is 14.1. The molecule has 2 saturated heterocycles. The lowest BCUT2D eigenvalue weighted by Gasteiger charge is -2.41.